The molecule has 4 rings (SSSR count). The first-order valence-electron chi connectivity index (χ1n) is 10.4. The second-order valence-corrected chi connectivity index (χ2v) is 9.28. The standard InChI is InChI=1S/C25H21F2N3O4S/c1-25(2,23(32)33)30-22(31)16-7-4-14(11-20(16)34-3)13-5-8-18(17(27)10-13)28-24-29-19-9-6-15(26)12-21(19)35-24/h4-12H,1-3H3,(H,28,29)(H,30,31)(H,32,33). The number of nitrogens with zero attached hydrogens (tertiary/aromatic N) is 1. The number of thiazole rings is 1. The number of amides is 1. The third-order valence-electron chi connectivity index (χ3n) is 5.30. The number of fused-ring (bicyclic) bond motifs is 1. The van der Waals surface area contributed by atoms with Crippen molar-refractivity contribution < 1.29 is 28.2 Å². The van der Waals surface area contributed by atoms with Gasteiger partial charge in [0.2, 0.25) is 0 Å². The van der Waals surface area contributed by atoms with Crippen LogP contribution in [0.15, 0.2) is 54.6 Å². The topological polar surface area (TPSA) is 101 Å². The summed E-state index contributed by atoms with van der Waals surface area (Å²) < 4.78 is 34.3. The molecule has 1 amide bonds. The maximum Gasteiger partial charge on any atom is 0.328 e. The molecule has 7 nitrogen and oxygen atoms in total. The fraction of sp³-hybridized carbons (Fsp3) is 0.160. The highest BCUT2D eigenvalue weighted by molar-refractivity contribution is 7.22. The van der Waals surface area contributed by atoms with E-state index in [0.29, 0.717) is 26.5 Å². The molecule has 0 aliphatic rings. The number of methoxy groups -OCH3 is 1. The van der Waals surface area contributed by atoms with Gasteiger partial charge >= 0.3 is 5.97 Å². The largest absolute Gasteiger partial charge is 0.496 e. The number of ether oxygens (including phenoxy) is 1. The highest BCUT2D eigenvalue weighted by atomic mass is 32.1. The molecule has 0 bridgehead atoms. The number of aromatic nitrogens is 1. The number of carboxylic acids is 1. The lowest BCUT2D eigenvalue weighted by molar-refractivity contribution is -0.143. The van der Waals surface area contributed by atoms with Crippen LogP contribution >= 0.6 is 11.3 Å². The number of carbonyl (C=O) groups excluding carboxylic acids is 1. The van der Waals surface area contributed by atoms with E-state index in [-0.39, 0.29) is 22.8 Å². The van der Waals surface area contributed by atoms with Crippen LogP contribution < -0.4 is 15.4 Å². The normalized spacial score (nSPS) is 11.3. The van der Waals surface area contributed by atoms with Crippen molar-refractivity contribution in [1.29, 1.82) is 0 Å². The fourth-order valence-electron chi connectivity index (χ4n) is 3.33. The van der Waals surface area contributed by atoms with E-state index in [1.54, 1.807) is 30.3 Å². The lowest BCUT2D eigenvalue weighted by Crippen LogP contribution is -2.49. The van der Waals surface area contributed by atoms with Crippen LogP contribution in [0.4, 0.5) is 19.6 Å². The van der Waals surface area contributed by atoms with Crippen LogP contribution in [0, 0.1) is 11.6 Å². The van der Waals surface area contributed by atoms with Gasteiger partial charge in [-0.3, -0.25) is 4.79 Å². The summed E-state index contributed by atoms with van der Waals surface area (Å²) in [6.07, 6.45) is 0. The van der Waals surface area contributed by atoms with Gasteiger partial charge in [-0.25, -0.2) is 18.6 Å². The first-order valence-corrected chi connectivity index (χ1v) is 11.3. The van der Waals surface area contributed by atoms with Crippen LogP contribution in [0.5, 0.6) is 5.75 Å². The SMILES string of the molecule is COc1cc(-c2ccc(Nc3nc4ccc(F)cc4s3)c(F)c2)ccc1C(=O)NC(C)(C)C(=O)O. The molecule has 10 heteroatoms. The Morgan fingerprint density at radius 3 is 2.43 bits per heavy atom. The van der Waals surface area contributed by atoms with E-state index in [4.69, 9.17) is 4.74 Å². The number of nitrogens with one attached hydrogen (secondary N) is 2. The van der Waals surface area contributed by atoms with Gasteiger partial charge < -0.3 is 20.5 Å². The Kier molecular flexibility index (Phi) is 6.40. The maximum absolute atomic E-state index is 14.9. The Balaban J connectivity index is 1.57. The lowest BCUT2D eigenvalue weighted by atomic mass is 10.0. The molecule has 1 aromatic heterocycles. The average molecular weight is 498 g/mol. The Hall–Kier alpha value is -4.05. The summed E-state index contributed by atoms with van der Waals surface area (Å²) in [5.74, 6) is -2.47. The summed E-state index contributed by atoms with van der Waals surface area (Å²) in [6, 6.07) is 13.5. The number of rotatable bonds is 7. The summed E-state index contributed by atoms with van der Waals surface area (Å²) in [5, 5.41) is 15.0. The van der Waals surface area contributed by atoms with Crippen molar-refractivity contribution in [3.8, 4) is 16.9 Å². The van der Waals surface area contributed by atoms with Crippen molar-refractivity contribution in [1.82, 2.24) is 10.3 Å². The van der Waals surface area contributed by atoms with E-state index in [2.05, 4.69) is 15.6 Å². The summed E-state index contributed by atoms with van der Waals surface area (Å²) in [7, 11) is 1.38. The number of anilines is 2. The van der Waals surface area contributed by atoms with Crippen LogP contribution in [0.25, 0.3) is 21.3 Å². The van der Waals surface area contributed by atoms with Gasteiger partial charge in [0, 0.05) is 0 Å². The lowest BCUT2D eigenvalue weighted by Gasteiger charge is -2.21. The molecule has 0 saturated carbocycles. The second kappa shape index (κ2) is 9.30. The molecular weight excluding hydrogens is 476 g/mol. The molecular formula is C25H21F2N3O4S. The Labute approximate surface area is 203 Å². The van der Waals surface area contributed by atoms with Crippen molar-refractivity contribution in [2.75, 3.05) is 12.4 Å². The van der Waals surface area contributed by atoms with Gasteiger partial charge in [0.05, 0.1) is 28.6 Å². The number of carbonyl (C=O) groups is 2. The number of halogens is 2. The number of carboxylic acid groups (broad SMARTS) is 1. The molecule has 0 fully saturated rings. The van der Waals surface area contributed by atoms with Crippen molar-refractivity contribution >= 4 is 44.2 Å². The van der Waals surface area contributed by atoms with Crippen LogP contribution in [-0.2, 0) is 4.79 Å². The average Bonchev–Trinajstić information content (AvgIpc) is 3.21. The monoisotopic (exact) mass is 497 g/mol. The number of benzene rings is 3. The predicted octanol–water partition coefficient (Wildman–Crippen LogP) is 5.59. The van der Waals surface area contributed by atoms with Gasteiger partial charge in [-0.05, 0) is 67.4 Å². The van der Waals surface area contributed by atoms with Gasteiger partial charge in [0.25, 0.3) is 5.91 Å². The van der Waals surface area contributed by atoms with Crippen LogP contribution in [-0.4, -0.2) is 34.6 Å². The zero-order valence-electron chi connectivity index (χ0n) is 19.0. The first kappa shape index (κ1) is 24.1. The minimum atomic E-state index is -1.47. The number of hydrogen-bond acceptors (Lipinski definition) is 6. The zero-order chi connectivity index (χ0) is 25.3. The highest BCUT2D eigenvalue weighted by Gasteiger charge is 2.30. The van der Waals surface area contributed by atoms with Gasteiger partial charge in [-0.2, -0.15) is 0 Å². The third-order valence-corrected chi connectivity index (χ3v) is 6.23. The molecule has 0 aliphatic carbocycles. The Morgan fingerprint density at radius 2 is 1.74 bits per heavy atom. The molecule has 0 aliphatic heterocycles. The van der Waals surface area contributed by atoms with Gasteiger partial charge in [-0.1, -0.05) is 23.5 Å². The smallest absolute Gasteiger partial charge is 0.328 e. The zero-order valence-corrected chi connectivity index (χ0v) is 19.8. The van der Waals surface area contributed by atoms with Crippen molar-refractivity contribution in [3.05, 3.63) is 71.8 Å². The molecule has 35 heavy (non-hydrogen) atoms. The predicted molar refractivity (Wildman–Crippen MR) is 130 cm³/mol. The van der Waals surface area contributed by atoms with Crippen LogP contribution in [0.1, 0.15) is 24.2 Å². The quantitative estimate of drug-likeness (QED) is 0.308. The van der Waals surface area contributed by atoms with Gasteiger partial charge in [0.15, 0.2) is 5.13 Å². The molecule has 0 spiro atoms. The van der Waals surface area contributed by atoms with E-state index < -0.39 is 23.2 Å². The second-order valence-electron chi connectivity index (χ2n) is 8.25. The van der Waals surface area contributed by atoms with Gasteiger partial charge in [0.1, 0.15) is 22.9 Å². The number of aliphatic carboxylic acids is 1. The highest BCUT2D eigenvalue weighted by Crippen LogP contribution is 2.33. The Morgan fingerprint density at radius 1 is 1.03 bits per heavy atom. The molecule has 3 aromatic carbocycles. The minimum Gasteiger partial charge on any atom is -0.496 e. The summed E-state index contributed by atoms with van der Waals surface area (Å²) in [4.78, 5) is 28.2. The molecule has 1 heterocycles. The summed E-state index contributed by atoms with van der Waals surface area (Å²) in [6.45, 7) is 2.75. The van der Waals surface area contributed by atoms with E-state index in [0.717, 1.165) is 0 Å². The molecule has 0 unspecified atom stereocenters. The number of hydrogen-bond donors (Lipinski definition) is 3. The fourth-order valence-corrected chi connectivity index (χ4v) is 4.23. The molecule has 180 valence electrons. The first-order chi connectivity index (χ1) is 16.6. The molecule has 0 radical (unpaired) electrons. The van der Waals surface area contributed by atoms with E-state index in [1.807, 2.05) is 0 Å². The van der Waals surface area contributed by atoms with E-state index in [1.165, 1.54) is 56.6 Å². The van der Waals surface area contributed by atoms with Crippen molar-refractivity contribution in [2.45, 2.75) is 19.4 Å². The van der Waals surface area contributed by atoms with E-state index >= 15 is 0 Å². The molecule has 3 N–H and O–H groups in total. The maximum atomic E-state index is 14.9. The van der Waals surface area contributed by atoms with E-state index in [9.17, 15) is 23.5 Å². The molecule has 4 aromatic rings. The van der Waals surface area contributed by atoms with Gasteiger partial charge in [-0.15, -0.1) is 0 Å². The van der Waals surface area contributed by atoms with Crippen molar-refractivity contribution in [2.24, 2.45) is 0 Å². The molecule has 0 saturated heterocycles. The minimum absolute atomic E-state index is 0.150. The Bertz CT molecular complexity index is 1450. The summed E-state index contributed by atoms with van der Waals surface area (Å²) >= 11 is 1.21. The molecule has 0 atom stereocenters. The van der Waals surface area contributed by atoms with Crippen LogP contribution in [0.3, 0.4) is 0 Å². The summed E-state index contributed by atoms with van der Waals surface area (Å²) in [5.41, 5.74) is 0.624. The van der Waals surface area contributed by atoms with Crippen LogP contribution in [0.2, 0.25) is 0 Å². The van der Waals surface area contributed by atoms with Crippen molar-refractivity contribution in [3.63, 3.8) is 0 Å². The third kappa shape index (κ3) is 5.07.